The number of nitrogens with one attached hydrogen (secondary N) is 1. The fourth-order valence-corrected chi connectivity index (χ4v) is 2.99. The van der Waals surface area contributed by atoms with Crippen LogP contribution in [0.15, 0.2) is 27.3 Å². The summed E-state index contributed by atoms with van der Waals surface area (Å²) in [5, 5.41) is 12.3. The third kappa shape index (κ3) is 3.42. The molecule has 0 saturated heterocycles. The van der Waals surface area contributed by atoms with Crippen molar-refractivity contribution in [2.45, 2.75) is 19.4 Å². The van der Waals surface area contributed by atoms with Crippen molar-refractivity contribution in [3.63, 3.8) is 0 Å². The Bertz CT molecular complexity index is 581. The molecule has 1 aromatic carbocycles. The highest BCUT2D eigenvalue weighted by Crippen LogP contribution is 2.31. The van der Waals surface area contributed by atoms with E-state index < -0.39 is 0 Å². The Morgan fingerprint density at radius 1 is 1.40 bits per heavy atom. The zero-order valence-corrected chi connectivity index (χ0v) is 15.1. The summed E-state index contributed by atoms with van der Waals surface area (Å²) in [4.78, 5) is 0. The summed E-state index contributed by atoms with van der Waals surface area (Å²) in [5.74, 6) is 0. The lowest BCUT2D eigenvalue weighted by atomic mass is 10.0. The first-order valence-electron chi connectivity index (χ1n) is 6.28. The Kier molecular flexibility index (Phi) is 5.60. The van der Waals surface area contributed by atoms with E-state index in [1.54, 1.807) is 4.68 Å². The summed E-state index contributed by atoms with van der Waals surface area (Å²) < 4.78 is 3.40. The molecular formula is C13H15Br2ClN4. The van der Waals surface area contributed by atoms with Gasteiger partial charge in [0.15, 0.2) is 4.60 Å². The molecule has 0 spiro atoms. The average Bonchev–Trinajstić information content (AvgIpc) is 2.75. The minimum atomic E-state index is -0.00470. The van der Waals surface area contributed by atoms with Crippen LogP contribution >= 0.6 is 43.5 Å². The monoisotopic (exact) mass is 420 g/mol. The Morgan fingerprint density at radius 2 is 2.15 bits per heavy atom. The number of hydrogen-bond donors (Lipinski definition) is 1. The molecule has 20 heavy (non-hydrogen) atoms. The van der Waals surface area contributed by atoms with E-state index in [0.29, 0.717) is 5.02 Å². The predicted molar refractivity (Wildman–Crippen MR) is 88.0 cm³/mol. The van der Waals surface area contributed by atoms with Gasteiger partial charge in [-0.15, -0.1) is 5.10 Å². The van der Waals surface area contributed by atoms with Crippen LogP contribution in [0.4, 0.5) is 0 Å². The van der Waals surface area contributed by atoms with Gasteiger partial charge in [-0.25, -0.2) is 4.68 Å². The molecule has 4 nitrogen and oxygen atoms in total. The number of benzene rings is 1. The molecule has 2 rings (SSSR count). The van der Waals surface area contributed by atoms with Crippen LogP contribution < -0.4 is 5.32 Å². The predicted octanol–water partition coefficient (Wildman–Crippen LogP) is 4.08. The molecule has 1 unspecified atom stereocenters. The zero-order valence-electron chi connectivity index (χ0n) is 11.2. The van der Waals surface area contributed by atoms with E-state index in [9.17, 15) is 0 Å². The molecule has 1 atom stereocenters. The first-order chi connectivity index (χ1) is 9.54. The Labute approximate surface area is 140 Å². The van der Waals surface area contributed by atoms with E-state index in [0.717, 1.165) is 33.3 Å². The maximum atomic E-state index is 6.21. The maximum absolute atomic E-state index is 6.21. The largest absolute Gasteiger partial charge is 0.305 e. The molecule has 2 aromatic rings. The van der Waals surface area contributed by atoms with Gasteiger partial charge in [-0.1, -0.05) is 29.8 Å². The molecule has 108 valence electrons. The van der Waals surface area contributed by atoms with Crippen molar-refractivity contribution in [1.29, 1.82) is 0 Å². The van der Waals surface area contributed by atoms with Gasteiger partial charge in [-0.05, 0) is 62.5 Å². The Morgan fingerprint density at radius 3 is 2.70 bits per heavy atom. The molecule has 0 aliphatic rings. The lowest BCUT2D eigenvalue weighted by Gasteiger charge is -2.20. The van der Waals surface area contributed by atoms with Crippen molar-refractivity contribution in [3.05, 3.63) is 43.6 Å². The van der Waals surface area contributed by atoms with Gasteiger partial charge < -0.3 is 5.32 Å². The van der Waals surface area contributed by atoms with Crippen LogP contribution in [0.2, 0.25) is 5.02 Å². The van der Waals surface area contributed by atoms with Gasteiger partial charge in [0.2, 0.25) is 0 Å². The zero-order chi connectivity index (χ0) is 14.7. The Balaban J connectivity index is 2.44. The lowest BCUT2D eigenvalue weighted by molar-refractivity contribution is 0.549. The second-order valence-corrected chi connectivity index (χ2v) is 6.46. The van der Waals surface area contributed by atoms with Gasteiger partial charge in [0.05, 0.1) is 16.8 Å². The molecular weight excluding hydrogens is 407 g/mol. The first-order valence-corrected chi connectivity index (χ1v) is 8.24. The van der Waals surface area contributed by atoms with Crippen molar-refractivity contribution in [1.82, 2.24) is 20.3 Å². The van der Waals surface area contributed by atoms with Crippen molar-refractivity contribution in [3.8, 4) is 0 Å². The summed E-state index contributed by atoms with van der Waals surface area (Å²) in [6, 6.07) is 5.95. The van der Waals surface area contributed by atoms with Gasteiger partial charge in [-0.3, -0.25) is 0 Å². The molecule has 0 saturated carbocycles. The smallest absolute Gasteiger partial charge is 0.153 e. The third-order valence-corrected chi connectivity index (χ3v) is 4.77. The summed E-state index contributed by atoms with van der Waals surface area (Å²) in [6.45, 7) is 3.03. The molecule has 0 aliphatic carbocycles. The molecule has 7 heteroatoms. The van der Waals surface area contributed by atoms with E-state index in [1.807, 2.05) is 25.2 Å². The van der Waals surface area contributed by atoms with Gasteiger partial charge in [-0.2, -0.15) is 0 Å². The topological polar surface area (TPSA) is 42.7 Å². The highest BCUT2D eigenvalue weighted by Gasteiger charge is 2.22. The molecule has 1 N–H and O–H groups in total. The van der Waals surface area contributed by atoms with Crippen molar-refractivity contribution in [2.24, 2.45) is 7.05 Å². The van der Waals surface area contributed by atoms with Crippen LogP contribution in [0.3, 0.4) is 0 Å². The number of nitrogens with zero attached hydrogens (tertiary/aromatic N) is 3. The molecule has 0 amide bonds. The van der Waals surface area contributed by atoms with E-state index >= 15 is 0 Å². The van der Waals surface area contributed by atoms with Crippen molar-refractivity contribution in [2.75, 3.05) is 6.54 Å². The normalized spacial score (nSPS) is 12.7. The van der Waals surface area contributed by atoms with E-state index in [1.165, 1.54) is 0 Å². The fourth-order valence-electron chi connectivity index (χ4n) is 2.00. The second kappa shape index (κ2) is 7.02. The molecule has 0 radical (unpaired) electrons. The molecule has 1 heterocycles. The van der Waals surface area contributed by atoms with Crippen LogP contribution in [-0.2, 0) is 7.05 Å². The molecule has 1 aromatic heterocycles. The first kappa shape index (κ1) is 15.9. The van der Waals surface area contributed by atoms with Gasteiger partial charge in [0.1, 0.15) is 0 Å². The highest BCUT2D eigenvalue weighted by atomic mass is 79.9. The van der Waals surface area contributed by atoms with Crippen LogP contribution in [-0.4, -0.2) is 21.5 Å². The number of hydrogen-bond acceptors (Lipinski definition) is 3. The van der Waals surface area contributed by atoms with E-state index in [4.69, 9.17) is 11.6 Å². The van der Waals surface area contributed by atoms with Gasteiger partial charge in [0, 0.05) is 11.5 Å². The fraction of sp³-hybridized carbons (Fsp3) is 0.385. The van der Waals surface area contributed by atoms with E-state index in [-0.39, 0.29) is 6.04 Å². The third-order valence-electron chi connectivity index (χ3n) is 2.98. The number of rotatable bonds is 5. The number of aryl methyl sites for hydroxylation is 1. The van der Waals surface area contributed by atoms with Crippen LogP contribution in [0, 0.1) is 0 Å². The molecule has 0 aliphatic heterocycles. The standard InChI is InChI=1S/C13H15Br2ClN4/c1-3-6-17-11(12-13(15)18-19-20(12)2)8-4-5-9(14)10(16)7-8/h4-5,7,11,17H,3,6H2,1-2H3. The minimum absolute atomic E-state index is 0.00470. The number of halogens is 3. The second-order valence-electron chi connectivity index (χ2n) is 4.45. The molecule has 0 fully saturated rings. The summed E-state index contributed by atoms with van der Waals surface area (Å²) in [6.07, 6.45) is 1.05. The average molecular weight is 423 g/mol. The summed E-state index contributed by atoms with van der Waals surface area (Å²) in [5.41, 5.74) is 2.06. The van der Waals surface area contributed by atoms with E-state index in [2.05, 4.69) is 54.4 Å². The van der Waals surface area contributed by atoms with Gasteiger partial charge >= 0.3 is 0 Å². The minimum Gasteiger partial charge on any atom is -0.305 e. The lowest BCUT2D eigenvalue weighted by Crippen LogP contribution is -2.25. The van der Waals surface area contributed by atoms with Crippen LogP contribution in [0.5, 0.6) is 0 Å². The SMILES string of the molecule is CCCNC(c1ccc(Br)c(Cl)c1)c1c(Br)nnn1C. The van der Waals surface area contributed by atoms with Crippen molar-refractivity contribution >= 4 is 43.5 Å². The van der Waals surface area contributed by atoms with Crippen LogP contribution in [0.1, 0.15) is 30.6 Å². The summed E-state index contributed by atoms with van der Waals surface area (Å²) in [7, 11) is 1.88. The Hall–Kier alpha value is -0.430. The van der Waals surface area contributed by atoms with Gasteiger partial charge in [0.25, 0.3) is 0 Å². The number of aromatic nitrogens is 3. The van der Waals surface area contributed by atoms with Crippen LogP contribution in [0.25, 0.3) is 0 Å². The summed E-state index contributed by atoms with van der Waals surface area (Å²) >= 11 is 13.1. The van der Waals surface area contributed by atoms with Crippen molar-refractivity contribution < 1.29 is 0 Å². The quantitative estimate of drug-likeness (QED) is 0.790. The molecule has 0 bridgehead atoms. The highest BCUT2D eigenvalue weighted by molar-refractivity contribution is 9.10. The maximum Gasteiger partial charge on any atom is 0.153 e.